The van der Waals surface area contributed by atoms with Gasteiger partial charge in [-0.1, -0.05) is 5.16 Å². The van der Waals surface area contributed by atoms with Crippen molar-refractivity contribution in [1.29, 1.82) is 0 Å². The van der Waals surface area contributed by atoms with Crippen LogP contribution in [0.15, 0.2) is 33.2 Å². The molecule has 5 rings (SSSR count). The molecule has 1 atom stereocenters. The number of aryl methyl sites for hydroxylation is 4. The Morgan fingerprint density at radius 1 is 1.18 bits per heavy atom. The Morgan fingerprint density at radius 2 is 1.97 bits per heavy atom. The fourth-order valence-corrected chi connectivity index (χ4v) is 5.45. The molecule has 1 aliphatic heterocycles. The zero-order valence-electron chi connectivity index (χ0n) is 19.8. The topological polar surface area (TPSA) is 93.6 Å². The molecule has 4 aromatic rings. The molecular formula is C25H28N4O4S. The molecule has 0 radical (unpaired) electrons. The summed E-state index contributed by atoms with van der Waals surface area (Å²) in [6, 6.07) is 7.79. The third-order valence-electron chi connectivity index (χ3n) is 6.21. The van der Waals surface area contributed by atoms with Crippen molar-refractivity contribution < 1.29 is 18.5 Å². The van der Waals surface area contributed by atoms with Crippen molar-refractivity contribution in [3.05, 3.63) is 56.8 Å². The van der Waals surface area contributed by atoms with E-state index in [-0.39, 0.29) is 11.9 Å². The van der Waals surface area contributed by atoms with Gasteiger partial charge in [-0.3, -0.25) is 9.69 Å². The predicted molar refractivity (Wildman–Crippen MR) is 130 cm³/mol. The zero-order chi connectivity index (χ0) is 23.8. The lowest BCUT2D eigenvalue weighted by molar-refractivity contribution is 0.0117. The highest BCUT2D eigenvalue weighted by molar-refractivity contribution is 7.12. The number of rotatable bonds is 6. The van der Waals surface area contributed by atoms with Crippen LogP contribution in [0.2, 0.25) is 0 Å². The van der Waals surface area contributed by atoms with Gasteiger partial charge in [-0.15, -0.1) is 11.3 Å². The Bertz CT molecular complexity index is 1330. The molecule has 5 heterocycles. The predicted octanol–water partition coefficient (Wildman–Crippen LogP) is 4.58. The van der Waals surface area contributed by atoms with Crippen molar-refractivity contribution in [3.63, 3.8) is 0 Å². The number of thiophene rings is 1. The first-order chi connectivity index (χ1) is 16.4. The summed E-state index contributed by atoms with van der Waals surface area (Å²) in [6.07, 6.45) is 0. The molecule has 0 aromatic carbocycles. The molecule has 178 valence electrons. The number of hydrogen-bond donors (Lipinski definition) is 1. The van der Waals surface area contributed by atoms with Crippen molar-refractivity contribution in [2.24, 2.45) is 0 Å². The van der Waals surface area contributed by atoms with Crippen molar-refractivity contribution in [2.45, 2.75) is 33.7 Å². The standard InChI is InChI=1S/C25H28N4O4S/c1-14-5-6-22(32-14)21(29-7-9-31-10-8-29)13-26-24(30)19-12-20(18-11-15(2)34-17(18)4)27-25-23(19)16(3)28-33-25/h5-6,11-12,21H,7-10,13H2,1-4H3,(H,26,30). The molecule has 1 fully saturated rings. The summed E-state index contributed by atoms with van der Waals surface area (Å²) < 4.78 is 16.9. The molecule has 0 aliphatic carbocycles. The van der Waals surface area contributed by atoms with Crippen molar-refractivity contribution >= 4 is 28.3 Å². The molecule has 8 nitrogen and oxygen atoms in total. The summed E-state index contributed by atoms with van der Waals surface area (Å²) in [6.45, 7) is 11.2. The highest BCUT2D eigenvalue weighted by Gasteiger charge is 2.27. The first-order valence-corrected chi connectivity index (χ1v) is 12.2. The monoisotopic (exact) mass is 480 g/mol. The molecule has 0 bridgehead atoms. The number of ether oxygens (including phenoxy) is 1. The van der Waals surface area contributed by atoms with E-state index in [1.54, 1.807) is 11.3 Å². The van der Waals surface area contributed by atoms with E-state index in [0.717, 1.165) is 35.1 Å². The molecular weight excluding hydrogens is 452 g/mol. The first-order valence-electron chi connectivity index (χ1n) is 11.4. The van der Waals surface area contributed by atoms with Gasteiger partial charge in [0.15, 0.2) is 0 Å². The fraction of sp³-hybridized carbons (Fsp3) is 0.400. The fourth-order valence-electron chi connectivity index (χ4n) is 4.51. The van der Waals surface area contributed by atoms with Crippen LogP contribution < -0.4 is 5.32 Å². The van der Waals surface area contributed by atoms with E-state index in [1.807, 2.05) is 32.0 Å². The van der Waals surface area contributed by atoms with Gasteiger partial charge in [-0.05, 0) is 52.0 Å². The highest BCUT2D eigenvalue weighted by Crippen LogP contribution is 2.33. The van der Waals surface area contributed by atoms with Crippen LogP contribution in [0.3, 0.4) is 0 Å². The van der Waals surface area contributed by atoms with Gasteiger partial charge in [0.2, 0.25) is 0 Å². The number of carbonyl (C=O) groups is 1. The van der Waals surface area contributed by atoms with Crippen molar-refractivity contribution in [1.82, 2.24) is 20.4 Å². The molecule has 1 N–H and O–H groups in total. The molecule has 1 unspecified atom stereocenters. The maximum Gasteiger partial charge on any atom is 0.259 e. The van der Waals surface area contributed by atoms with Crippen LogP contribution in [0.25, 0.3) is 22.4 Å². The number of aromatic nitrogens is 2. The van der Waals surface area contributed by atoms with Gasteiger partial charge in [0, 0.05) is 35.0 Å². The Balaban J connectivity index is 1.46. The number of nitrogens with zero attached hydrogens (tertiary/aromatic N) is 3. The average Bonchev–Trinajstić information content (AvgIpc) is 3.52. The molecule has 1 amide bonds. The minimum atomic E-state index is -0.189. The summed E-state index contributed by atoms with van der Waals surface area (Å²) in [5.74, 6) is 1.50. The highest BCUT2D eigenvalue weighted by atomic mass is 32.1. The van der Waals surface area contributed by atoms with Gasteiger partial charge in [0.05, 0.1) is 41.6 Å². The summed E-state index contributed by atoms with van der Waals surface area (Å²) in [5.41, 5.74) is 3.24. The van der Waals surface area contributed by atoms with E-state index < -0.39 is 0 Å². The quantitative estimate of drug-likeness (QED) is 0.432. The second kappa shape index (κ2) is 9.32. The minimum Gasteiger partial charge on any atom is -0.465 e. The average molecular weight is 481 g/mol. The van der Waals surface area contributed by atoms with E-state index in [2.05, 4.69) is 40.3 Å². The number of carbonyl (C=O) groups excluding carboxylic acids is 1. The summed E-state index contributed by atoms with van der Waals surface area (Å²) in [4.78, 5) is 22.8. The van der Waals surface area contributed by atoms with Crippen LogP contribution >= 0.6 is 11.3 Å². The third kappa shape index (κ3) is 4.38. The van der Waals surface area contributed by atoms with Crippen LogP contribution in [-0.2, 0) is 4.74 Å². The molecule has 34 heavy (non-hydrogen) atoms. The molecule has 1 aliphatic rings. The number of furan rings is 1. The number of pyridine rings is 1. The van der Waals surface area contributed by atoms with Crippen molar-refractivity contribution in [3.8, 4) is 11.3 Å². The Kier molecular flexibility index (Phi) is 6.24. The Hall–Kier alpha value is -3.01. The number of morpholine rings is 1. The Morgan fingerprint density at radius 3 is 2.65 bits per heavy atom. The molecule has 1 saturated heterocycles. The minimum absolute atomic E-state index is 0.0799. The number of fused-ring (bicyclic) bond motifs is 1. The van der Waals surface area contributed by atoms with E-state index in [1.165, 1.54) is 4.88 Å². The van der Waals surface area contributed by atoms with Crippen molar-refractivity contribution in [2.75, 3.05) is 32.8 Å². The lowest BCUT2D eigenvalue weighted by Crippen LogP contribution is -2.43. The van der Waals surface area contributed by atoms with E-state index in [0.29, 0.717) is 47.8 Å². The SMILES string of the molecule is Cc1ccc(C(CNC(=O)c2cc(-c3cc(C)sc3C)nc3onc(C)c23)N2CCOCC2)o1. The summed E-state index contributed by atoms with van der Waals surface area (Å²) in [7, 11) is 0. The number of nitrogens with one attached hydrogen (secondary N) is 1. The van der Waals surface area contributed by atoms with Gasteiger partial charge in [-0.25, -0.2) is 4.98 Å². The largest absolute Gasteiger partial charge is 0.465 e. The second-order valence-electron chi connectivity index (χ2n) is 8.65. The maximum absolute atomic E-state index is 13.5. The third-order valence-corrected chi connectivity index (χ3v) is 7.18. The Labute approximate surface area is 201 Å². The van der Waals surface area contributed by atoms with E-state index in [9.17, 15) is 4.79 Å². The maximum atomic E-state index is 13.5. The van der Waals surface area contributed by atoms with E-state index >= 15 is 0 Å². The van der Waals surface area contributed by atoms with E-state index in [4.69, 9.17) is 13.7 Å². The first kappa shape index (κ1) is 22.8. The van der Waals surface area contributed by atoms with Crippen LogP contribution in [0.4, 0.5) is 0 Å². The molecule has 0 saturated carbocycles. The summed E-state index contributed by atoms with van der Waals surface area (Å²) >= 11 is 1.71. The zero-order valence-corrected chi connectivity index (χ0v) is 20.6. The van der Waals surface area contributed by atoms with Gasteiger partial charge in [-0.2, -0.15) is 0 Å². The normalized spacial score (nSPS) is 15.6. The molecule has 4 aromatic heterocycles. The number of hydrogen-bond acceptors (Lipinski definition) is 8. The van der Waals surface area contributed by atoms with Crippen LogP contribution in [0.1, 0.15) is 43.4 Å². The van der Waals surface area contributed by atoms with Gasteiger partial charge in [0.25, 0.3) is 11.6 Å². The van der Waals surface area contributed by atoms with Crippen LogP contribution in [0, 0.1) is 27.7 Å². The van der Waals surface area contributed by atoms with Crippen LogP contribution in [0.5, 0.6) is 0 Å². The summed E-state index contributed by atoms with van der Waals surface area (Å²) in [5, 5.41) is 7.85. The van der Waals surface area contributed by atoms with Gasteiger partial charge < -0.3 is 19.0 Å². The second-order valence-corrected chi connectivity index (χ2v) is 10.1. The number of amides is 1. The smallest absolute Gasteiger partial charge is 0.259 e. The van der Waals surface area contributed by atoms with Gasteiger partial charge in [0.1, 0.15) is 11.5 Å². The molecule has 9 heteroatoms. The van der Waals surface area contributed by atoms with Gasteiger partial charge >= 0.3 is 0 Å². The van der Waals surface area contributed by atoms with Crippen LogP contribution in [-0.4, -0.2) is 53.8 Å². The lowest BCUT2D eigenvalue weighted by atomic mass is 10.0. The lowest BCUT2D eigenvalue weighted by Gasteiger charge is -2.33. The molecule has 0 spiro atoms.